The number of amides is 1. The van der Waals surface area contributed by atoms with Crippen LogP contribution in [0.25, 0.3) is 11.3 Å². The smallest absolute Gasteiger partial charge is 0.259 e. The van der Waals surface area contributed by atoms with E-state index in [2.05, 4.69) is 15.1 Å². The van der Waals surface area contributed by atoms with E-state index in [1.54, 1.807) is 23.4 Å². The van der Waals surface area contributed by atoms with Gasteiger partial charge in [0.15, 0.2) is 5.76 Å². The highest BCUT2D eigenvalue weighted by Crippen LogP contribution is 2.30. The van der Waals surface area contributed by atoms with E-state index in [1.807, 2.05) is 4.90 Å². The number of hydrogen-bond donors (Lipinski definition) is 1. The molecule has 2 aromatic heterocycles. The van der Waals surface area contributed by atoms with E-state index >= 15 is 0 Å². The third-order valence-corrected chi connectivity index (χ3v) is 4.83. The quantitative estimate of drug-likeness (QED) is 0.722. The second kappa shape index (κ2) is 7.96. The summed E-state index contributed by atoms with van der Waals surface area (Å²) >= 11 is 0. The van der Waals surface area contributed by atoms with Gasteiger partial charge in [0.25, 0.3) is 5.91 Å². The lowest BCUT2D eigenvalue weighted by atomic mass is 10.0. The van der Waals surface area contributed by atoms with Crippen LogP contribution in [-0.2, 0) is 0 Å². The lowest BCUT2D eigenvalue weighted by molar-refractivity contribution is 0.0735. The molecule has 0 saturated carbocycles. The van der Waals surface area contributed by atoms with Crippen LogP contribution in [0.2, 0.25) is 0 Å². The van der Waals surface area contributed by atoms with Crippen LogP contribution in [0, 0.1) is 5.82 Å². The van der Waals surface area contributed by atoms with Gasteiger partial charge in [0, 0.05) is 44.1 Å². The lowest BCUT2D eigenvalue weighted by Gasteiger charge is -2.34. The zero-order valence-electron chi connectivity index (χ0n) is 15.8. The molecule has 1 N–H and O–H groups in total. The molecule has 1 amide bonds. The molecule has 1 unspecified atom stereocenters. The van der Waals surface area contributed by atoms with Gasteiger partial charge in [-0.25, -0.2) is 14.4 Å². The first-order valence-electron chi connectivity index (χ1n) is 9.29. The molecule has 0 radical (unpaired) electrons. The topological polar surface area (TPSA) is 95.6 Å². The first-order valence-corrected chi connectivity index (χ1v) is 9.29. The molecule has 1 fully saturated rings. The highest BCUT2D eigenvalue weighted by Gasteiger charge is 2.32. The minimum atomic E-state index is -1.00. The van der Waals surface area contributed by atoms with Crippen molar-refractivity contribution in [3.63, 3.8) is 0 Å². The van der Waals surface area contributed by atoms with Gasteiger partial charge in [-0.3, -0.25) is 4.79 Å². The molecule has 4 rings (SSSR count). The number of aliphatic hydroxyl groups is 1. The molecule has 0 bridgehead atoms. The van der Waals surface area contributed by atoms with Crippen molar-refractivity contribution < 1.29 is 18.8 Å². The van der Waals surface area contributed by atoms with Crippen molar-refractivity contribution in [1.29, 1.82) is 0 Å². The van der Waals surface area contributed by atoms with E-state index in [1.165, 1.54) is 31.2 Å². The minimum Gasteiger partial charge on any atom is -0.385 e. The van der Waals surface area contributed by atoms with Crippen molar-refractivity contribution in [2.24, 2.45) is 0 Å². The van der Waals surface area contributed by atoms with Gasteiger partial charge in [-0.1, -0.05) is 5.16 Å². The molecule has 9 heteroatoms. The van der Waals surface area contributed by atoms with Gasteiger partial charge in [-0.05, 0) is 37.3 Å². The first-order chi connectivity index (χ1) is 14.0. The number of carbonyl (C=O) groups is 1. The summed E-state index contributed by atoms with van der Waals surface area (Å²) in [5.74, 6) is 0.0552. The van der Waals surface area contributed by atoms with Gasteiger partial charge in [-0.15, -0.1) is 0 Å². The van der Waals surface area contributed by atoms with Gasteiger partial charge in [0.1, 0.15) is 23.2 Å². The van der Waals surface area contributed by atoms with Crippen molar-refractivity contribution in [3.8, 4) is 11.3 Å². The fourth-order valence-electron chi connectivity index (χ4n) is 3.32. The molecular formula is C20H20FN5O3. The summed E-state index contributed by atoms with van der Waals surface area (Å²) in [7, 11) is 0. The Morgan fingerprint density at radius 3 is 2.41 bits per heavy atom. The number of hydrogen-bond acceptors (Lipinski definition) is 7. The lowest BCUT2D eigenvalue weighted by Crippen LogP contribution is -2.49. The van der Waals surface area contributed by atoms with Gasteiger partial charge >= 0.3 is 0 Å². The summed E-state index contributed by atoms with van der Waals surface area (Å²) in [6.45, 7) is 3.60. The number of rotatable bonds is 4. The Labute approximate surface area is 166 Å². The monoisotopic (exact) mass is 397 g/mol. The number of halogens is 1. The predicted molar refractivity (Wildman–Crippen MR) is 103 cm³/mol. The second-order valence-corrected chi connectivity index (χ2v) is 6.78. The molecule has 1 saturated heterocycles. The Hall–Kier alpha value is -3.33. The number of piperazine rings is 1. The van der Waals surface area contributed by atoms with Crippen molar-refractivity contribution in [1.82, 2.24) is 20.0 Å². The van der Waals surface area contributed by atoms with E-state index in [4.69, 9.17) is 4.52 Å². The number of nitrogens with zero attached hydrogens (tertiary/aromatic N) is 5. The fraction of sp³-hybridized carbons (Fsp3) is 0.300. The Bertz CT molecular complexity index is 983. The van der Waals surface area contributed by atoms with Crippen LogP contribution in [0.1, 0.15) is 29.1 Å². The molecule has 0 spiro atoms. The molecule has 29 heavy (non-hydrogen) atoms. The zero-order chi connectivity index (χ0) is 20.4. The van der Waals surface area contributed by atoms with Gasteiger partial charge < -0.3 is 19.4 Å². The van der Waals surface area contributed by atoms with Crippen LogP contribution in [0.4, 0.5) is 10.3 Å². The summed E-state index contributed by atoms with van der Waals surface area (Å²) in [4.78, 5) is 25.5. The van der Waals surface area contributed by atoms with Crippen molar-refractivity contribution in [2.45, 2.75) is 13.0 Å². The van der Waals surface area contributed by atoms with E-state index in [0.29, 0.717) is 43.4 Å². The minimum absolute atomic E-state index is 0.100. The zero-order valence-corrected chi connectivity index (χ0v) is 15.8. The maximum absolute atomic E-state index is 13.3. The summed E-state index contributed by atoms with van der Waals surface area (Å²) in [6.07, 6.45) is 2.36. The average Bonchev–Trinajstić information content (AvgIpc) is 3.20. The molecule has 1 aromatic carbocycles. The third kappa shape index (κ3) is 3.81. The van der Waals surface area contributed by atoms with Crippen molar-refractivity contribution >= 4 is 11.9 Å². The van der Waals surface area contributed by atoms with E-state index < -0.39 is 6.10 Å². The van der Waals surface area contributed by atoms with Crippen LogP contribution in [0.15, 0.2) is 47.2 Å². The van der Waals surface area contributed by atoms with E-state index in [-0.39, 0.29) is 23.0 Å². The van der Waals surface area contributed by atoms with Crippen molar-refractivity contribution in [3.05, 3.63) is 59.9 Å². The summed E-state index contributed by atoms with van der Waals surface area (Å²) in [6, 6.07) is 7.39. The number of carbonyl (C=O) groups excluding carboxylic acids is 1. The molecule has 8 nitrogen and oxygen atoms in total. The molecule has 3 heterocycles. The van der Waals surface area contributed by atoms with E-state index in [0.717, 1.165) is 0 Å². The maximum Gasteiger partial charge on any atom is 0.259 e. The van der Waals surface area contributed by atoms with Gasteiger partial charge in [-0.2, -0.15) is 0 Å². The molecule has 0 aliphatic carbocycles. The largest absolute Gasteiger partial charge is 0.385 e. The van der Waals surface area contributed by atoms with E-state index in [9.17, 15) is 14.3 Å². The Morgan fingerprint density at radius 1 is 1.14 bits per heavy atom. The Kier molecular flexibility index (Phi) is 5.22. The third-order valence-electron chi connectivity index (χ3n) is 4.83. The SMILES string of the molecule is CC(O)c1onc(-c2ccc(F)cc2)c1C(=O)N1CCN(c2ncccn2)CC1. The number of benzene rings is 1. The highest BCUT2D eigenvalue weighted by atomic mass is 19.1. The number of aromatic nitrogens is 3. The Morgan fingerprint density at radius 2 is 1.79 bits per heavy atom. The number of anilines is 1. The normalized spacial score (nSPS) is 15.4. The molecule has 1 aliphatic rings. The first kappa shape index (κ1) is 19.0. The van der Waals surface area contributed by atoms with Crippen LogP contribution in [-0.4, -0.2) is 57.2 Å². The standard InChI is InChI=1S/C20H20FN5O3/c1-13(27)18-16(17(24-29-18)14-3-5-15(21)6-4-14)19(28)25-9-11-26(12-10-25)20-22-7-2-8-23-20/h2-8,13,27H,9-12H2,1H3. The van der Waals surface area contributed by atoms with Crippen LogP contribution in [0.3, 0.4) is 0 Å². The molecule has 1 aliphatic heterocycles. The number of aliphatic hydroxyl groups excluding tert-OH is 1. The van der Waals surface area contributed by atoms with Crippen LogP contribution >= 0.6 is 0 Å². The summed E-state index contributed by atoms with van der Waals surface area (Å²) < 4.78 is 18.6. The fourth-order valence-corrected chi connectivity index (χ4v) is 3.32. The van der Waals surface area contributed by atoms with Crippen LogP contribution in [0.5, 0.6) is 0 Å². The molecule has 1 atom stereocenters. The predicted octanol–water partition coefficient (Wildman–Crippen LogP) is 2.29. The van der Waals surface area contributed by atoms with Gasteiger partial charge in [0.2, 0.25) is 5.95 Å². The van der Waals surface area contributed by atoms with Gasteiger partial charge in [0.05, 0.1) is 0 Å². The Balaban J connectivity index is 1.58. The highest BCUT2D eigenvalue weighted by molar-refractivity contribution is 6.01. The molecular weight excluding hydrogens is 377 g/mol. The maximum atomic E-state index is 13.3. The second-order valence-electron chi connectivity index (χ2n) is 6.78. The van der Waals surface area contributed by atoms with Crippen LogP contribution < -0.4 is 4.90 Å². The average molecular weight is 397 g/mol. The molecule has 3 aromatic rings. The molecule has 150 valence electrons. The summed E-state index contributed by atoms with van der Waals surface area (Å²) in [5.41, 5.74) is 1.04. The summed E-state index contributed by atoms with van der Waals surface area (Å²) in [5, 5.41) is 14.0. The van der Waals surface area contributed by atoms with Crippen molar-refractivity contribution in [2.75, 3.05) is 31.1 Å².